The van der Waals surface area contributed by atoms with Gasteiger partial charge in [0.15, 0.2) is 17.8 Å². The van der Waals surface area contributed by atoms with Gasteiger partial charge < -0.3 is 14.5 Å². The first-order chi connectivity index (χ1) is 14.4. The zero-order valence-electron chi connectivity index (χ0n) is 16.6. The molecule has 5 nitrogen and oxygen atoms in total. The van der Waals surface area contributed by atoms with E-state index in [-0.39, 0.29) is 17.4 Å². The van der Waals surface area contributed by atoms with Crippen LogP contribution in [0.2, 0.25) is 0 Å². The Morgan fingerprint density at radius 2 is 1.87 bits per heavy atom. The van der Waals surface area contributed by atoms with Crippen LogP contribution in [-0.2, 0) is 10.9 Å². The van der Waals surface area contributed by atoms with Gasteiger partial charge in [0.05, 0.1) is 5.56 Å². The SMILES string of the molecule is O=C(N[C@@H]1CCCCC[C@@H]1c1ccccc1C(F)(F)F)c1ncoc1[C@@H]1CCCO1. The lowest BCUT2D eigenvalue weighted by molar-refractivity contribution is -0.138. The monoisotopic (exact) mass is 422 g/mol. The quantitative estimate of drug-likeness (QED) is 0.671. The summed E-state index contributed by atoms with van der Waals surface area (Å²) in [5.74, 6) is -0.436. The Balaban J connectivity index is 1.60. The second-order valence-corrected chi connectivity index (χ2v) is 7.98. The molecule has 0 spiro atoms. The molecule has 1 aromatic heterocycles. The maximum Gasteiger partial charge on any atom is 0.416 e. The van der Waals surface area contributed by atoms with Crippen molar-refractivity contribution in [2.75, 3.05) is 6.61 Å². The van der Waals surface area contributed by atoms with Crippen LogP contribution in [0.25, 0.3) is 0 Å². The van der Waals surface area contributed by atoms with E-state index in [1.54, 1.807) is 6.07 Å². The Morgan fingerprint density at radius 3 is 2.63 bits per heavy atom. The number of rotatable bonds is 4. The summed E-state index contributed by atoms with van der Waals surface area (Å²) in [6, 6.07) is 5.28. The lowest BCUT2D eigenvalue weighted by atomic mass is 9.84. The summed E-state index contributed by atoms with van der Waals surface area (Å²) in [6.45, 7) is 0.603. The molecule has 0 radical (unpaired) electrons. The van der Waals surface area contributed by atoms with Crippen LogP contribution in [0.3, 0.4) is 0 Å². The molecule has 1 aromatic carbocycles. The number of hydrogen-bond donors (Lipinski definition) is 1. The molecule has 0 bridgehead atoms. The fourth-order valence-corrected chi connectivity index (χ4v) is 4.61. The van der Waals surface area contributed by atoms with Gasteiger partial charge in [-0.25, -0.2) is 4.98 Å². The minimum atomic E-state index is -4.43. The van der Waals surface area contributed by atoms with Gasteiger partial charge in [-0.1, -0.05) is 37.5 Å². The summed E-state index contributed by atoms with van der Waals surface area (Å²) in [7, 11) is 0. The lowest BCUT2D eigenvalue weighted by Crippen LogP contribution is -2.40. The normalized spacial score (nSPS) is 25.1. The highest BCUT2D eigenvalue weighted by molar-refractivity contribution is 5.93. The number of oxazole rings is 1. The topological polar surface area (TPSA) is 64.4 Å². The molecule has 2 aromatic rings. The first-order valence-corrected chi connectivity index (χ1v) is 10.5. The highest BCUT2D eigenvalue weighted by Crippen LogP contribution is 2.40. The van der Waals surface area contributed by atoms with Gasteiger partial charge in [0.2, 0.25) is 0 Å². The van der Waals surface area contributed by atoms with E-state index in [2.05, 4.69) is 10.3 Å². The number of ether oxygens (including phenoxy) is 1. The van der Waals surface area contributed by atoms with Gasteiger partial charge in [0, 0.05) is 18.6 Å². The van der Waals surface area contributed by atoms with Crippen LogP contribution in [0, 0.1) is 0 Å². The van der Waals surface area contributed by atoms with Gasteiger partial charge in [0.25, 0.3) is 5.91 Å². The van der Waals surface area contributed by atoms with Crippen LogP contribution in [0.1, 0.15) is 84.3 Å². The fourth-order valence-electron chi connectivity index (χ4n) is 4.61. The summed E-state index contributed by atoms with van der Waals surface area (Å²) in [5, 5.41) is 2.97. The molecule has 1 amide bonds. The molecule has 1 saturated carbocycles. The third kappa shape index (κ3) is 4.38. The molecular weight excluding hydrogens is 397 g/mol. The molecule has 4 rings (SSSR count). The van der Waals surface area contributed by atoms with Crippen molar-refractivity contribution in [2.45, 2.75) is 69.2 Å². The van der Waals surface area contributed by atoms with E-state index in [1.165, 1.54) is 18.5 Å². The van der Waals surface area contributed by atoms with Gasteiger partial charge >= 0.3 is 6.18 Å². The van der Waals surface area contributed by atoms with Crippen molar-refractivity contribution in [3.8, 4) is 0 Å². The average Bonchev–Trinajstić information content (AvgIpc) is 3.36. The minimum absolute atomic E-state index is 0.161. The number of halogens is 3. The van der Waals surface area contributed by atoms with Crippen molar-refractivity contribution in [2.24, 2.45) is 0 Å². The van der Waals surface area contributed by atoms with Crippen LogP contribution < -0.4 is 5.32 Å². The number of hydrogen-bond acceptors (Lipinski definition) is 4. The minimum Gasteiger partial charge on any atom is -0.445 e. The Labute approximate surface area is 173 Å². The van der Waals surface area contributed by atoms with Crippen molar-refractivity contribution in [1.82, 2.24) is 10.3 Å². The van der Waals surface area contributed by atoms with E-state index in [0.717, 1.165) is 38.2 Å². The van der Waals surface area contributed by atoms with Crippen molar-refractivity contribution >= 4 is 5.91 Å². The van der Waals surface area contributed by atoms with Gasteiger partial charge in [-0.05, 0) is 37.3 Å². The standard InChI is InChI=1S/C22H25F3N2O3/c23-22(24,25)16-9-5-4-7-14(16)15-8-2-1-3-10-17(15)27-21(28)19-20(30-13-26-19)18-11-6-12-29-18/h4-5,7,9,13,15,17-18H,1-3,6,8,10-12H2,(H,27,28)/t15-,17-,18+/m1/s1. The smallest absolute Gasteiger partial charge is 0.416 e. The largest absolute Gasteiger partial charge is 0.445 e. The van der Waals surface area contributed by atoms with E-state index >= 15 is 0 Å². The summed E-state index contributed by atoms with van der Waals surface area (Å²) in [4.78, 5) is 17.1. The third-order valence-corrected chi connectivity index (χ3v) is 6.03. The predicted molar refractivity (Wildman–Crippen MR) is 103 cm³/mol. The second-order valence-electron chi connectivity index (χ2n) is 7.98. The number of carbonyl (C=O) groups excluding carboxylic acids is 1. The molecule has 162 valence electrons. The summed E-state index contributed by atoms with van der Waals surface area (Å²) < 4.78 is 51.9. The molecule has 2 fully saturated rings. The molecule has 1 N–H and O–H groups in total. The third-order valence-electron chi connectivity index (χ3n) is 6.03. The molecule has 1 aliphatic carbocycles. The van der Waals surface area contributed by atoms with Crippen LogP contribution in [-0.4, -0.2) is 23.5 Å². The van der Waals surface area contributed by atoms with E-state index in [0.29, 0.717) is 25.2 Å². The molecule has 1 aliphatic heterocycles. The Hall–Kier alpha value is -2.35. The van der Waals surface area contributed by atoms with Crippen molar-refractivity contribution in [3.63, 3.8) is 0 Å². The number of amides is 1. The molecule has 0 unspecified atom stereocenters. The number of carbonyl (C=O) groups is 1. The summed E-state index contributed by atoms with van der Waals surface area (Å²) >= 11 is 0. The molecule has 8 heteroatoms. The van der Waals surface area contributed by atoms with E-state index in [1.807, 2.05) is 0 Å². The number of nitrogens with zero attached hydrogens (tertiary/aromatic N) is 1. The summed E-state index contributed by atoms with van der Waals surface area (Å²) in [6.07, 6.45) is 1.94. The van der Waals surface area contributed by atoms with Crippen LogP contribution in [0.15, 0.2) is 35.1 Å². The zero-order chi connectivity index (χ0) is 21.1. The lowest BCUT2D eigenvalue weighted by Gasteiger charge is -2.28. The number of alkyl halides is 3. The molecular formula is C22H25F3N2O3. The average molecular weight is 422 g/mol. The van der Waals surface area contributed by atoms with E-state index in [9.17, 15) is 18.0 Å². The maximum absolute atomic E-state index is 13.6. The van der Waals surface area contributed by atoms with Crippen LogP contribution in [0.4, 0.5) is 13.2 Å². The summed E-state index contributed by atoms with van der Waals surface area (Å²) in [5.41, 5.74) is -0.219. The van der Waals surface area contributed by atoms with Crippen LogP contribution >= 0.6 is 0 Å². The van der Waals surface area contributed by atoms with E-state index in [4.69, 9.17) is 9.15 Å². The zero-order valence-corrected chi connectivity index (χ0v) is 16.6. The predicted octanol–water partition coefficient (Wildman–Crippen LogP) is 5.39. The molecule has 30 heavy (non-hydrogen) atoms. The number of aromatic nitrogens is 1. The van der Waals surface area contributed by atoms with Gasteiger partial charge in [-0.15, -0.1) is 0 Å². The van der Waals surface area contributed by atoms with E-state index < -0.39 is 29.6 Å². The Kier molecular flexibility index (Phi) is 6.13. The van der Waals surface area contributed by atoms with Crippen molar-refractivity contribution < 1.29 is 27.1 Å². The van der Waals surface area contributed by atoms with Crippen molar-refractivity contribution in [1.29, 1.82) is 0 Å². The Bertz CT molecular complexity index is 875. The van der Waals surface area contributed by atoms with Gasteiger partial charge in [-0.2, -0.15) is 13.2 Å². The van der Waals surface area contributed by atoms with Crippen LogP contribution in [0.5, 0.6) is 0 Å². The molecule has 2 aliphatic rings. The number of benzene rings is 1. The first kappa shape index (κ1) is 20.9. The van der Waals surface area contributed by atoms with Crippen molar-refractivity contribution in [3.05, 3.63) is 53.2 Å². The highest BCUT2D eigenvalue weighted by atomic mass is 19.4. The molecule has 1 saturated heterocycles. The number of nitrogens with one attached hydrogen (secondary N) is 1. The first-order valence-electron chi connectivity index (χ1n) is 10.5. The highest BCUT2D eigenvalue weighted by Gasteiger charge is 2.38. The maximum atomic E-state index is 13.6. The Morgan fingerprint density at radius 1 is 1.07 bits per heavy atom. The van der Waals surface area contributed by atoms with Gasteiger partial charge in [-0.3, -0.25) is 4.79 Å². The second kappa shape index (κ2) is 8.79. The fraction of sp³-hybridized carbons (Fsp3) is 0.545. The molecule has 2 heterocycles. The molecule has 3 atom stereocenters. The van der Waals surface area contributed by atoms with Gasteiger partial charge in [0.1, 0.15) is 6.10 Å².